The summed E-state index contributed by atoms with van der Waals surface area (Å²) in [5.74, 6) is 0. The smallest absolute Gasteiger partial charge is 0.320 e. The molecule has 2 aliphatic heterocycles. The lowest BCUT2D eigenvalue weighted by Crippen LogP contribution is -2.40. The fourth-order valence-electron chi connectivity index (χ4n) is 3.02. The first-order chi connectivity index (χ1) is 12.1. The van der Waals surface area contributed by atoms with Gasteiger partial charge >= 0.3 is 6.03 Å². The molecule has 0 saturated carbocycles. The lowest BCUT2D eigenvalue weighted by molar-refractivity contribution is 0.213. The van der Waals surface area contributed by atoms with E-state index in [1.54, 1.807) is 28.4 Å². The van der Waals surface area contributed by atoms with E-state index in [2.05, 4.69) is 20.5 Å². The van der Waals surface area contributed by atoms with Crippen LogP contribution in [0.5, 0.6) is 0 Å². The van der Waals surface area contributed by atoms with Gasteiger partial charge in [0, 0.05) is 41.2 Å². The van der Waals surface area contributed by atoms with Crippen LogP contribution in [0, 0.1) is 6.92 Å². The summed E-state index contributed by atoms with van der Waals surface area (Å²) < 4.78 is 0. The maximum atomic E-state index is 12.6. The van der Waals surface area contributed by atoms with Gasteiger partial charge in [-0.2, -0.15) is 10.2 Å². The first kappa shape index (κ1) is 16.2. The highest BCUT2D eigenvalue weighted by atomic mass is 35.5. The van der Waals surface area contributed by atoms with Gasteiger partial charge in [-0.15, -0.1) is 11.3 Å². The van der Waals surface area contributed by atoms with Crippen molar-refractivity contribution in [1.82, 2.24) is 9.88 Å². The molecule has 1 aromatic heterocycles. The molecule has 1 N–H and O–H groups in total. The number of halogens is 1. The minimum Gasteiger partial charge on any atom is -0.320 e. The van der Waals surface area contributed by atoms with Crippen molar-refractivity contribution in [3.63, 3.8) is 0 Å². The van der Waals surface area contributed by atoms with Gasteiger partial charge in [0.1, 0.15) is 6.04 Å². The van der Waals surface area contributed by atoms with E-state index < -0.39 is 0 Å². The predicted octanol–water partition coefficient (Wildman–Crippen LogP) is 4.80. The molecule has 0 fully saturated rings. The zero-order valence-corrected chi connectivity index (χ0v) is 15.1. The molecule has 1 unspecified atom stereocenters. The van der Waals surface area contributed by atoms with E-state index in [1.165, 1.54) is 0 Å². The summed E-state index contributed by atoms with van der Waals surface area (Å²) >= 11 is 7.57. The Balaban J connectivity index is 1.49. The summed E-state index contributed by atoms with van der Waals surface area (Å²) in [5, 5.41) is 15.2. The van der Waals surface area contributed by atoms with Crippen molar-refractivity contribution in [1.29, 1.82) is 0 Å². The second kappa shape index (κ2) is 6.57. The van der Waals surface area contributed by atoms with Crippen LogP contribution < -0.4 is 5.32 Å². The van der Waals surface area contributed by atoms with Crippen molar-refractivity contribution in [2.45, 2.75) is 19.4 Å². The fourth-order valence-corrected chi connectivity index (χ4v) is 3.84. The topological polar surface area (TPSA) is 70.0 Å². The van der Waals surface area contributed by atoms with Crippen LogP contribution in [0.3, 0.4) is 0 Å². The standard InChI is InChI=1S/C17H16ClN5OS/c1-10-19-15(9-25-10)16-13-8-23(6-5-14(13)21-22-16)17(24)20-12-4-2-3-11(18)7-12/h2-4,7,9,16H,5-6,8H2,1H3,(H,20,24). The zero-order chi connectivity index (χ0) is 17.4. The van der Waals surface area contributed by atoms with Crippen molar-refractivity contribution in [2.75, 3.05) is 18.4 Å². The van der Waals surface area contributed by atoms with Crippen LogP contribution in [0.2, 0.25) is 5.02 Å². The molecule has 4 rings (SSSR count). The molecule has 25 heavy (non-hydrogen) atoms. The van der Waals surface area contributed by atoms with Crippen LogP contribution >= 0.6 is 22.9 Å². The van der Waals surface area contributed by atoms with Crippen molar-refractivity contribution >= 4 is 34.7 Å². The minimum absolute atomic E-state index is 0.145. The average molecular weight is 374 g/mol. The Morgan fingerprint density at radius 3 is 3.08 bits per heavy atom. The number of hydrogen-bond donors (Lipinski definition) is 1. The second-order valence-corrected chi connectivity index (χ2v) is 7.49. The summed E-state index contributed by atoms with van der Waals surface area (Å²) in [6.45, 7) is 3.10. The third kappa shape index (κ3) is 3.29. The molecule has 0 aliphatic carbocycles. The number of urea groups is 1. The molecule has 8 heteroatoms. The number of thiazole rings is 1. The number of aromatic nitrogens is 1. The summed E-state index contributed by atoms with van der Waals surface area (Å²) in [6, 6.07) is 6.83. The number of azo groups is 1. The van der Waals surface area contributed by atoms with E-state index >= 15 is 0 Å². The highest BCUT2D eigenvalue weighted by molar-refractivity contribution is 7.09. The van der Waals surface area contributed by atoms with Gasteiger partial charge in [-0.3, -0.25) is 0 Å². The summed E-state index contributed by atoms with van der Waals surface area (Å²) in [5.41, 5.74) is 3.65. The maximum absolute atomic E-state index is 12.6. The largest absolute Gasteiger partial charge is 0.322 e. The molecule has 2 aliphatic rings. The van der Waals surface area contributed by atoms with Crippen LogP contribution in [-0.4, -0.2) is 29.0 Å². The third-order valence-corrected chi connectivity index (χ3v) is 5.28. The number of aryl methyl sites for hydroxylation is 1. The highest BCUT2D eigenvalue weighted by Crippen LogP contribution is 2.38. The number of amides is 2. The molecule has 6 nitrogen and oxygen atoms in total. The van der Waals surface area contributed by atoms with Gasteiger partial charge in [0.05, 0.1) is 16.4 Å². The predicted molar refractivity (Wildman–Crippen MR) is 98.1 cm³/mol. The Hall–Kier alpha value is -2.25. The Labute approximate surface area is 154 Å². The van der Waals surface area contributed by atoms with E-state index in [1.807, 2.05) is 24.4 Å². The number of nitrogens with zero attached hydrogens (tertiary/aromatic N) is 4. The monoisotopic (exact) mass is 373 g/mol. The maximum Gasteiger partial charge on any atom is 0.322 e. The molecular weight excluding hydrogens is 358 g/mol. The third-order valence-electron chi connectivity index (χ3n) is 4.25. The first-order valence-corrected chi connectivity index (χ1v) is 9.22. The molecule has 3 heterocycles. The molecule has 128 valence electrons. The van der Waals surface area contributed by atoms with Gasteiger partial charge in [0.2, 0.25) is 0 Å². The fraction of sp³-hybridized carbons (Fsp3) is 0.294. The van der Waals surface area contributed by atoms with E-state index in [0.29, 0.717) is 30.2 Å². The zero-order valence-electron chi connectivity index (χ0n) is 13.6. The van der Waals surface area contributed by atoms with Gasteiger partial charge in [0.15, 0.2) is 0 Å². The SMILES string of the molecule is Cc1nc(C2N=NC3=C2CN(C(=O)Nc2cccc(Cl)c2)CC3)cs1. The first-order valence-electron chi connectivity index (χ1n) is 7.96. The van der Waals surface area contributed by atoms with Gasteiger partial charge in [-0.1, -0.05) is 17.7 Å². The number of carbonyl (C=O) groups excluding carboxylic acids is 1. The van der Waals surface area contributed by atoms with Crippen molar-refractivity contribution in [2.24, 2.45) is 10.2 Å². The number of hydrogen-bond acceptors (Lipinski definition) is 5. The average Bonchev–Trinajstić information content (AvgIpc) is 3.20. The summed E-state index contributed by atoms with van der Waals surface area (Å²) in [7, 11) is 0. The quantitative estimate of drug-likeness (QED) is 0.821. The lowest BCUT2D eigenvalue weighted by Gasteiger charge is -2.28. The van der Waals surface area contributed by atoms with E-state index in [4.69, 9.17) is 11.6 Å². The Kier molecular flexibility index (Phi) is 4.27. The van der Waals surface area contributed by atoms with Crippen LogP contribution in [0.25, 0.3) is 0 Å². The summed E-state index contributed by atoms with van der Waals surface area (Å²) in [4.78, 5) is 18.9. The molecule has 0 bridgehead atoms. The number of nitrogens with one attached hydrogen (secondary N) is 1. The molecule has 0 radical (unpaired) electrons. The minimum atomic E-state index is -0.165. The van der Waals surface area contributed by atoms with Crippen LogP contribution in [0.4, 0.5) is 10.5 Å². The number of carbonyl (C=O) groups is 1. The van der Waals surface area contributed by atoms with Crippen molar-refractivity contribution < 1.29 is 4.79 Å². The van der Waals surface area contributed by atoms with Crippen molar-refractivity contribution in [3.8, 4) is 0 Å². The normalized spacial score (nSPS) is 19.3. The second-order valence-electron chi connectivity index (χ2n) is 5.99. The van der Waals surface area contributed by atoms with Crippen LogP contribution in [-0.2, 0) is 0 Å². The van der Waals surface area contributed by atoms with Gasteiger partial charge in [-0.05, 0) is 25.1 Å². The van der Waals surface area contributed by atoms with Gasteiger partial charge in [-0.25, -0.2) is 9.78 Å². The highest BCUT2D eigenvalue weighted by Gasteiger charge is 2.33. The molecule has 1 atom stereocenters. The molecule has 2 aromatic rings. The van der Waals surface area contributed by atoms with Crippen molar-refractivity contribution in [3.05, 3.63) is 56.6 Å². The van der Waals surface area contributed by atoms with Crippen LogP contribution in [0.15, 0.2) is 51.1 Å². The van der Waals surface area contributed by atoms with Crippen LogP contribution in [0.1, 0.15) is 23.2 Å². The Morgan fingerprint density at radius 2 is 2.32 bits per heavy atom. The molecule has 0 saturated heterocycles. The molecular formula is C17H16ClN5OS. The van der Waals surface area contributed by atoms with Gasteiger partial charge < -0.3 is 10.2 Å². The Morgan fingerprint density at radius 1 is 1.44 bits per heavy atom. The van der Waals surface area contributed by atoms with E-state index in [9.17, 15) is 4.79 Å². The number of anilines is 1. The molecule has 0 spiro atoms. The van der Waals surface area contributed by atoms with E-state index in [-0.39, 0.29) is 12.1 Å². The number of benzene rings is 1. The molecule has 2 amide bonds. The molecule has 1 aromatic carbocycles. The summed E-state index contributed by atoms with van der Waals surface area (Å²) in [6.07, 6.45) is 0.710. The number of rotatable bonds is 2. The Bertz CT molecular complexity index is 891. The van der Waals surface area contributed by atoms with E-state index in [0.717, 1.165) is 22.0 Å². The van der Waals surface area contributed by atoms with Gasteiger partial charge in [0.25, 0.3) is 0 Å². The lowest BCUT2D eigenvalue weighted by atomic mass is 9.99.